The highest BCUT2D eigenvalue weighted by Crippen LogP contribution is 2.39. The molecule has 0 saturated heterocycles. The van der Waals surface area contributed by atoms with Gasteiger partial charge in [-0.25, -0.2) is 0 Å². The van der Waals surface area contributed by atoms with Crippen molar-refractivity contribution in [3.8, 4) is 0 Å². The van der Waals surface area contributed by atoms with Crippen molar-refractivity contribution in [1.82, 2.24) is 0 Å². The summed E-state index contributed by atoms with van der Waals surface area (Å²) in [4.78, 5) is 2.35. The van der Waals surface area contributed by atoms with Crippen LogP contribution in [0.15, 0.2) is 83.5 Å². The van der Waals surface area contributed by atoms with Crippen LogP contribution in [-0.2, 0) is 0 Å². The Morgan fingerprint density at radius 3 is 1.79 bits per heavy atom. The molecule has 0 unspecified atom stereocenters. The highest BCUT2D eigenvalue weighted by molar-refractivity contribution is 9.10. The predicted octanol–water partition coefficient (Wildman–Crippen LogP) is 7.68. The minimum absolute atomic E-state index is 1.02. The third-order valence-corrected chi connectivity index (χ3v) is 6.25. The Labute approximate surface area is 181 Å². The topological polar surface area (TPSA) is 15.3 Å². The van der Waals surface area contributed by atoms with Crippen LogP contribution in [0.2, 0.25) is 0 Å². The summed E-state index contributed by atoms with van der Waals surface area (Å²) >= 11 is 3.80. The summed E-state index contributed by atoms with van der Waals surface area (Å²) in [5.74, 6) is 0. The fourth-order valence-corrected chi connectivity index (χ4v) is 4.53. The highest BCUT2D eigenvalue weighted by Gasteiger charge is 2.10. The smallest absolute Gasteiger partial charge is 0.0539 e. The van der Waals surface area contributed by atoms with Crippen LogP contribution in [-0.4, -0.2) is 13.1 Å². The zero-order valence-electron chi connectivity index (χ0n) is 16.8. The van der Waals surface area contributed by atoms with Crippen LogP contribution in [0, 0.1) is 0 Å². The maximum atomic E-state index is 3.80. The van der Waals surface area contributed by atoms with Crippen LogP contribution in [0.1, 0.15) is 19.4 Å². The number of benzene rings is 4. The maximum absolute atomic E-state index is 3.80. The van der Waals surface area contributed by atoms with Crippen LogP contribution in [0.5, 0.6) is 0 Å². The van der Waals surface area contributed by atoms with Crippen molar-refractivity contribution in [3.05, 3.63) is 89.0 Å². The Kier molecular flexibility index (Phi) is 5.86. The molecule has 146 valence electrons. The average molecular weight is 445 g/mol. The Morgan fingerprint density at radius 2 is 1.28 bits per heavy atom. The van der Waals surface area contributed by atoms with Gasteiger partial charge in [-0.3, -0.25) is 0 Å². The zero-order chi connectivity index (χ0) is 20.2. The Hall–Kier alpha value is -2.78. The first-order valence-electron chi connectivity index (χ1n) is 10.1. The Balaban J connectivity index is 1.67. The summed E-state index contributed by atoms with van der Waals surface area (Å²) in [6, 6.07) is 25.7. The lowest BCUT2D eigenvalue weighted by atomic mass is 10.0. The number of anilines is 2. The molecular weight excluding hydrogens is 420 g/mol. The van der Waals surface area contributed by atoms with Gasteiger partial charge in [0.2, 0.25) is 0 Å². The Morgan fingerprint density at radius 1 is 0.759 bits per heavy atom. The summed E-state index contributed by atoms with van der Waals surface area (Å²) in [5, 5.41) is 8.40. The number of hydrogen-bond donors (Lipinski definition) is 1. The van der Waals surface area contributed by atoms with E-state index in [0.29, 0.717) is 0 Å². The molecule has 0 aliphatic heterocycles. The molecule has 0 bridgehead atoms. The third-order valence-electron chi connectivity index (χ3n) is 5.39. The minimum atomic E-state index is 1.02. The van der Waals surface area contributed by atoms with Gasteiger partial charge in [0.25, 0.3) is 0 Å². The van der Waals surface area contributed by atoms with Gasteiger partial charge < -0.3 is 10.2 Å². The quantitative estimate of drug-likeness (QED) is 0.306. The van der Waals surface area contributed by atoms with Crippen molar-refractivity contribution in [2.75, 3.05) is 23.3 Å². The van der Waals surface area contributed by atoms with E-state index in [9.17, 15) is 0 Å². The molecule has 0 heterocycles. The molecule has 29 heavy (non-hydrogen) atoms. The van der Waals surface area contributed by atoms with Crippen LogP contribution in [0.3, 0.4) is 0 Å². The van der Waals surface area contributed by atoms with Gasteiger partial charge in [-0.1, -0.05) is 60.7 Å². The fourth-order valence-electron chi connectivity index (χ4n) is 3.84. The predicted molar refractivity (Wildman–Crippen MR) is 132 cm³/mol. The van der Waals surface area contributed by atoms with E-state index in [-0.39, 0.29) is 0 Å². The van der Waals surface area contributed by atoms with Crippen LogP contribution < -0.4 is 10.2 Å². The molecule has 4 aromatic carbocycles. The zero-order valence-corrected chi connectivity index (χ0v) is 18.4. The largest absolute Gasteiger partial charge is 0.372 e. The van der Waals surface area contributed by atoms with Crippen molar-refractivity contribution >= 4 is 54.9 Å². The molecule has 0 amide bonds. The molecule has 0 radical (unpaired) electrons. The lowest BCUT2D eigenvalue weighted by molar-refractivity contribution is 0.866. The van der Waals surface area contributed by atoms with Gasteiger partial charge in [-0.2, -0.15) is 0 Å². The van der Waals surface area contributed by atoms with Crippen LogP contribution >= 0.6 is 15.9 Å². The summed E-state index contributed by atoms with van der Waals surface area (Å²) in [5.41, 5.74) is 3.58. The van der Waals surface area contributed by atoms with E-state index in [1.54, 1.807) is 0 Å². The normalized spacial score (nSPS) is 11.4. The van der Waals surface area contributed by atoms with Gasteiger partial charge in [-0.15, -0.1) is 0 Å². The second kappa shape index (κ2) is 8.71. The van der Waals surface area contributed by atoms with Crippen molar-refractivity contribution in [3.63, 3.8) is 0 Å². The van der Waals surface area contributed by atoms with E-state index in [1.165, 1.54) is 32.8 Å². The summed E-state index contributed by atoms with van der Waals surface area (Å²) in [6.45, 7) is 6.43. The molecule has 0 spiro atoms. The second-order valence-corrected chi connectivity index (χ2v) is 7.81. The minimum Gasteiger partial charge on any atom is -0.372 e. The molecule has 1 N–H and O–H groups in total. The standard InChI is InChI=1S/C26H25BrN2/c1-3-29(4-2)20-15-13-19(14-16-20)17-18-28-26-23-11-7-5-9-21(23)25(27)22-10-6-8-12-24(22)26/h5-18,28H,3-4H2,1-2H3. The SMILES string of the molecule is CCN(CC)c1ccc(C=CNc2c3ccccc3c(Br)c3ccccc23)cc1. The first kappa shape index (κ1) is 19.5. The fraction of sp³-hybridized carbons (Fsp3) is 0.154. The van der Waals surface area contributed by atoms with E-state index in [1.807, 2.05) is 6.20 Å². The molecule has 0 aliphatic rings. The summed E-state index contributed by atoms with van der Waals surface area (Å²) in [7, 11) is 0. The van der Waals surface area contributed by atoms with E-state index in [2.05, 4.69) is 119 Å². The molecule has 4 rings (SSSR count). The lowest BCUT2D eigenvalue weighted by Crippen LogP contribution is -2.21. The average Bonchev–Trinajstić information content (AvgIpc) is 2.78. The first-order chi connectivity index (χ1) is 14.2. The van der Waals surface area contributed by atoms with E-state index >= 15 is 0 Å². The van der Waals surface area contributed by atoms with Gasteiger partial charge in [0.15, 0.2) is 0 Å². The molecule has 0 aromatic heterocycles. The molecule has 0 atom stereocenters. The number of nitrogens with one attached hydrogen (secondary N) is 1. The third kappa shape index (κ3) is 3.88. The number of nitrogens with zero attached hydrogens (tertiary/aromatic N) is 1. The van der Waals surface area contributed by atoms with Gasteiger partial charge in [-0.05, 0) is 64.3 Å². The highest BCUT2D eigenvalue weighted by atomic mass is 79.9. The van der Waals surface area contributed by atoms with E-state index in [4.69, 9.17) is 0 Å². The molecule has 2 nitrogen and oxygen atoms in total. The van der Waals surface area contributed by atoms with Gasteiger partial charge in [0.05, 0.1) is 5.69 Å². The molecule has 0 aliphatic carbocycles. The number of halogens is 1. The van der Waals surface area contributed by atoms with Crippen molar-refractivity contribution in [2.45, 2.75) is 13.8 Å². The van der Waals surface area contributed by atoms with Crippen molar-refractivity contribution in [1.29, 1.82) is 0 Å². The van der Waals surface area contributed by atoms with Crippen molar-refractivity contribution in [2.24, 2.45) is 0 Å². The lowest BCUT2D eigenvalue weighted by Gasteiger charge is -2.20. The molecule has 3 heteroatoms. The molecule has 0 fully saturated rings. The van der Waals surface area contributed by atoms with Gasteiger partial charge >= 0.3 is 0 Å². The van der Waals surface area contributed by atoms with Gasteiger partial charge in [0, 0.05) is 40.2 Å². The summed E-state index contributed by atoms with van der Waals surface area (Å²) < 4.78 is 1.14. The molecule has 0 saturated carbocycles. The molecule has 4 aromatic rings. The monoisotopic (exact) mass is 444 g/mol. The number of hydrogen-bond acceptors (Lipinski definition) is 2. The molecular formula is C26H25BrN2. The second-order valence-electron chi connectivity index (χ2n) is 7.02. The van der Waals surface area contributed by atoms with E-state index < -0.39 is 0 Å². The Bertz CT molecular complexity index is 1100. The summed E-state index contributed by atoms with van der Waals surface area (Å²) in [6.07, 6.45) is 4.16. The van der Waals surface area contributed by atoms with E-state index in [0.717, 1.165) is 23.2 Å². The van der Waals surface area contributed by atoms with Crippen molar-refractivity contribution < 1.29 is 0 Å². The number of rotatable bonds is 6. The van der Waals surface area contributed by atoms with Gasteiger partial charge in [0.1, 0.15) is 0 Å². The van der Waals surface area contributed by atoms with Crippen LogP contribution in [0.25, 0.3) is 27.6 Å². The number of fused-ring (bicyclic) bond motifs is 2. The maximum Gasteiger partial charge on any atom is 0.0539 e. The van der Waals surface area contributed by atoms with Crippen LogP contribution in [0.4, 0.5) is 11.4 Å². The first-order valence-corrected chi connectivity index (χ1v) is 10.9.